The summed E-state index contributed by atoms with van der Waals surface area (Å²) in [7, 11) is 5.38. The second-order valence-corrected chi connectivity index (χ2v) is 41.0. The summed E-state index contributed by atoms with van der Waals surface area (Å²) < 4.78 is 65.5. The van der Waals surface area contributed by atoms with Crippen LogP contribution >= 0.6 is 11.6 Å². The minimum Gasteiger partial charge on any atom is -0.357 e. The summed E-state index contributed by atoms with van der Waals surface area (Å²) in [4.78, 5) is 61.7. The number of aliphatic imine (C=N–C) groups is 4. The highest BCUT2D eigenvalue weighted by Crippen LogP contribution is 2.41. The van der Waals surface area contributed by atoms with Crippen molar-refractivity contribution < 1.29 is 17.4 Å². The Morgan fingerprint density at radius 1 is 0.371 bits per heavy atom. The van der Waals surface area contributed by atoms with E-state index in [0.717, 1.165) is 229 Å². The van der Waals surface area contributed by atoms with Crippen LogP contribution in [-0.4, -0.2) is 206 Å². The number of H-pyrrole nitrogens is 1. The van der Waals surface area contributed by atoms with Gasteiger partial charge in [0.1, 0.15) is 46.2 Å². The number of piperazine rings is 1. The third kappa shape index (κ3) is 20.4. The molecule has 5 aromatic carbocycles. The lowest BCUT2D eigenvalue weighted by molar-refractivity contribution is 0.409. The molecule has 1 unspecified atom stereocenters. The lowest BCUT2D eigenvalue weighted by Gasteiger charge is -2.38. The van der Waals surface area contributed by atoms with Crippen molar-refractivity contribution in [1.29, 1.82) is 0 Å². The quantitative estimate of drug-likeness (QED) is 0.0880. The molecule has 143 heavy (non-hydrogen) atoms. The molecule has 0 radical (unpaired) electrons. The second-order valence-electron chi connectivity index (χ2n) is 38.1. The van der Waals surface area contributed by atoms with Crippen molar-refractivity contribution >= 4 is 90.0 Å². The Kier molecular flexibility index (Phi) is 27.0. The fourth-order valence-corrected chi connectivity index (χ4v) is 21.5. The summed E-state index contributed by atoms with van der Waals surface area (Å²) in [6, 6.07) is 39.6. The molecule has 0 amide bonds. The van der Waals surface area contributed by atoms with Crippen LogP contribution in [0.5, 0.6) is 0 Å². The largest absolute Gasteiger partial charge is 0.357 e. The molecule has 9 aliphatic rings. The average molecular weight is 1950 g/mol. The van der Waals surface area contributed by atoms with Gasteiger partial charge in [-0.1, -0.05) is 24.6 Å². The molecule has 5 fully saturated rings. The van der Waals surface area contributed by atoms with E-state index in [0.29, 0.717) is 66.5 Å². The smallest absolute Gasteiger partial charge is 0.151 e. The number of rotatable bonds is 16. The molecule has 25 rings (SSSR count). The number of fused-ring (bicyclic) bond motifs is 5. The highest BCUT2D eigenvalue weighted by Gasteiger charge is 2.32. The Morgan fingerprint density at radius 2 is 0.734 bits per heavy atom. The van der Waals surface area contributed by atoms with Crippen molar-refractivity contribution in [2.24, 2.45) is 54.1 Å². The Balaban J connectivity index is 0.000000106. The van der Waals surface area contributed by atoms with E-state index < -0.39 is 9.71 Å². The first-order chi connectivity index (χ1) is 69.5. The van der Waals surface area contributed by atoms with E-state index in [9.17, 15) is 17.4 Å². The molecule has 11 aromatic heterocycles. The van der Waals surface area contributed by atoms with E-state index >= 15 is 0 Å². The molecule has 5 saturated heterocycles. The number of halogens is 4. The topological polar surface area (TPSA) is 276 Å². The molecule has 0 spiro atoms. The minimum absolute atomic E-state index is 0.212. The van der Waals surface area contributed by atoms with Gasteiger partial charge in [0.15, 0.2) is 5.82 Å². The Labute approximate surface area is 834 Å². The normalized spacial score (nSPS) is 16.4. The monoisotopic (exact) mass is 1950 g/mol. The second kappa shape index (κ2) is 40.9. The predicted octanol–water partition coefficient (Wildman–Crippen LogP) is 18.6. The third-order valence-electron chi connectivity index (χ3n) is 27.9. The molecule has 33 heteroatoms. The maximum atomic E-state index is 14.9. The lowest BCUT2D eigenvalue weighted by Crippen LogP contribution is -2.48. The number of piperidine rings is 3. The number of aromatic amines is 1. The average Bonchev–Trinajstić information content (AvgIpc) is 1.67. The fourth-order valence-electron chi connectivity index (χ4n) is 20.3. The third-order valence-corrected chi connectivity index (χ3v) is 29.7. The maximum absolute atomic E-state index is 14.9. The Morgan fingerprint density at radius 3 is 1.13 bits per heavy atom. The first-order valence-electron chi connectivity index (χ1n) is 48.9. The molecule has 0 aliphatic carbocycles. The Bertz CT molecular complexity index is 7550. The SMILES string of the molecule is C=S(C)(=O)N1CCN(c2cc(C3=NCc4c(F)cc(-c5cnn(C)c5)cc43)ccn2)CC1.CC1CN(c2cc(C3=NCc4c(F)cc(-c5cnn(C)c5)cc43)ccn2)C1.Cc1cc(-c2cnn(C)c2)cc2c1CN=C2c1ccnc(N2CCCCC2)c1.Cn1cc(-c2cc(Cl)c3c(c2)C(c2ccnc(N4CCCCC4)c2)=NC3)cn1.Fc1cc(-c2cnccn2)cc2c(-c3ccnc(N4CCCCC4)c3)[nH]nc12. The summed E-state index contributed by atoms with van der Waals surface area (Å²) in [6.07, 6.45) is 42.1. The summed E-state index contributed by atoms with van der Waals surface area (Å²) in [5, 5.41) is 25.7. The van der Waals surface area contributed by atoms with Crippen molar-refractivity contribution in [3.63, 3.8) is 0 Å². The van der Waals surface area contributed by atoms with Crippen LogP contribution in [0, 0.1) is 30.3 Å². The molecule has 1 N–H and O–H groups in total. The van der Waals surface area contributed by atoms with Gasteiger partial charge in [-0.15, -0.1) is 0 Å². The zero-order valence-corrected chi connectivity index (χ0v) is 82.8. The van der Waals surface area contributed by atoms with Crippen LogP contribution in [0.1, 0.15) is 137 Å². The zero-order chi connectivity index (χ0) is 98.1. The number of aromatic nitrogens is 17. The summed E-state index contributed by atoms with van der Waals surface area (Å²) in [6.45, 7) is 17.8. The van der Waals surface area contributed by atoms with E-state index in [1.165, 1.54) is 86.1 Å². The molecular formula is C110H111ClF3N27OS. The number of nitrogens with one attached hydrogen (secondary N) is 1. The van der Waals surface area contributed by atoms with Crippen molar-refractivity contribution in [3.8, 4) is 67.0 Å². The number of nitrogens with zero attached hydrogens (tertiary/aromatic N) is 26. The standard InChI is InChI=1S/C23H25FN6OS.C23H25N5.C22H22ClN5.C21H19FN6.C21H20FN5/c1-28-15-18(13-27-28)17-10-19-20(21(24)11-17)14-26-23(19)16-4-5-25-22(12-16)29-6-8-30(9-7-29)32(2,3)31;1-16-10-18(19-13-26-27(2)15-19)11-20-21(16)14-25-23(20)17-6-7-24-22(12-17)28-8-4-3-5-9-28;1-27-14-17(12-26-27)16-9-18-19(20(23)10-16)13-25-22(18)15-5-6-24-21(11-15)28-7-3-2-4-8-28;22-17-11-15(18-13-23-6-7-24-18)10-16-20(26-27-21(16)17)14-4-5-25-19(12-14)28-8-2-1-3-9-28;1-13-10-27(11-13)20-7-14(3-4-23-20)21-17-5-15(16-8-25-26(2)12-16)6-19(22)18(17)9-24-21/h4-5,10-13,15H,2,6-9,14H2,1,3H3;6-7,10-13,15H,3-5,8-9,14H2,1-2H3;5-6,9-12,14H,2-4,7-8,13H2,1H3;4-7,10-13H,1-3,8-9H2,(H,26,27);3-8,12-13H,9-11H2,1-2H3. The van der Waals surface area contributed by atoms with Gasteiger partial charge in [0.05, 0.1) is 91.4 Å². The Hall–Kier alpha value is -15.0. The van der Waals surface area contributed by atoms with Crippen molar-refractivity contribution in [2.45, 2.75) is 97.8 Å². The maximum Gasteiger partial charge on any atom is 0.151 e. The minimum atomic E-state index is -2.19. The number of hydrogen-bond donors (Lipinski definition) is 1. The molecule has 0 bridgehead atoms. The van der Waals surface area contributed by atoms with Crippen LogP contribution in [0.4, 0.5) is 42.3 Å². The van der Waals surface area contributed by atoms with E-state index in [4.69, 9.17) is 21.6 Å². The molecule has 28 nitrogen and oxygen atoms in total. The van der Waals surface area contributed by atoms with E-state index in [2.05, 4.69) is 168 Å². The predicted molar refractivity (Wildman–Crippen MR) is 563 cm³/mol. The van der Waals surface area contributed by atoms with Crippen molar-refractivity contribution in [1.82, 2.24) is 88.5 Å². The first kappa shape index (κ1) is 94.2. The number of pyridine rings is 5. The van der Waals surface area contributed by atoms with Crippen LogP contribution in [0.2, 0.25) is 5.02 Å². The van der Waals surface area contributed by atoms with E-state index in [-0.39, 0.29) is 17.5 Å². The highest BCUT2D eigenvalue weighted by molar-refractivity contribution is 7.97. The van der Waals surface area contributed by atoms with Crippen molar-refractivity contribution in [2.75, 3.05) is 109 Å². The van der Waals surface area contributed by atoms with Crippen molar-refractivity contribution in [3.05, 3.63) is 315 Å². The lowest BCUT2D eigenvalue weighted by atomic mass is 9.93. The van der Waals surface area contributed by atoms with Gasteiger partial charge in [-0.25, -0.2) is 42.4 Å². The summed E-state index contributed by atoms with van der Waals surface area (Å²) in [5.41, 5.74) is 28.1. The van der Waals surface area contributed by atoms with Gasteiger partial charge in [0.2, 0.25) is 0 Å². The first-order valence-corrected chi connectivity index (χ1v) is 51.4. The molecule has 1 atom stereocenters. The molecule has 16 aromatic rings. The van der Waals surface area contributed by atoms with Gasteiger partial charge >= 0.3 is 0 Å². The van der Waals surface area contributed by atoms with Gasteiger partial charge in [-0.05, 0) is 225 Å². The van der Waals surface area contributed by atoms with Crippen LogP contribution in [0.3, 0.4) is 0 Å². The van der Waals surface area contributed by atoms with Crippen LogP contribution < -0.4 is 24.5 Å². The highest BCUT2D eigenvalue weighted by atomic mass is 35.5. The molecule has 726 valence electrons. The van der Waals surface area contributed by atoms with E-state index in [1.54, 1.807) is 75.8 Å². The molecule has 9 aliphatic heterocycles. The molecule has 20 heterocycles. The molecular weight excluding hydrogens is 1840 g/mol. The van der Waals surface area contributed by atoms with Gasteiger partial charge < -0.3 is 24.5 Å². The number of benzene rings is 5. The van der Waals surface area contributed by atoms with Crippen LogP contribution in [0.15, 0.2) is 240 Å². The van der Waals surface area contributed by atoms with E-state index in [1.807, 2.05) is 147 Å². The van der Waals surface area contributed by atoms with Crippen LogP contribution in [0.25, 0.3) is 77.9 Å². The van der Waals surface area contributed by atoms with Gasteiger partial charge in [-0.3, -0.25) is 58.0 Å². The van der Waals surface area contributed by atoms with Gasteiger partial charge in [-0.2, -0.15) is 25.5 Å². The summed E-state index contributed by atoms with van der Waals surface area (Å²) >= 11 is 6.62. The fraction of sp³-hybridized carbons (Fsp3) is 0.300. The van der Waals surface area contributed by atoms with Gasteiger partial charge in [0, 0.05) is 296 Å². The zero-order valence-electron chi connectivity index (χ0n) is 81.2. The van der Waals surface area contributed by atoms with Gasteiger partial charge in [0.25, 0.3) is 0 Å². The van der Waals surface area contributed by atoms with Crippen LogP contribution in [-0.2, 0) is 64.1 Å². The number of aryl methyl sites for hydroxylation is 5. The number of anilines is 5. The summed E-state index contributed by atoms with van der Waals surface area (Å²) in [5.74, 6) is 8.52. The molecule has 0 saturated carbocycles. The number of hydrogen-bond acceptors (Lipinski definition) is 22.